The summed E-state index contributed by atoms with van der Waals surface area (Å²) in [4.78, 5) is 0. The fourth-order valence-electron chi connectivity index (χ4n) is 2.55. The molecule has 0 unspecified atom stereocenters. The molecule has 0 fully saturated rings. The molecule has 27 heavy (non-hydrogen) atoms. The average Bonchev–Trinajstić information content (AvgIpc) is 2.53. The molecule has 0 aromatic heterocycles. The Balaban J connectivity index is 4.03. The van der Waals surface area contributed by atoms with Gasteiger partial charge in [-0.3, -0.25) is 0 Å². The van der Waals surface area contributed by atoms with Crippen LogP contribution in [0.5, 0.6) is 0 Å². The molecule has 0 aliphatic rings. The molecule has 1 N–H and O–H groups in total. The fourth-order valence-corrected chi connectivity index (χ4v) is 2.55. The summed E-state index contributed by atoms with van der Waals surface area (Å²) < 4.78 is 5.50. The second kappa shape index (κ2) is 15.1. The van der Waals surface area contributed by atoms with E-state index in [0.29, 0.717) is 12.5 Å². The highest BCUT2D eigenvalue weighted by molar-refractivity contribution is 5.07. The molecule has 0 amide bonds. The largest absolute Gasteiger partial charge is 0.475 e. The van der Waals surface area contributed by atoms with Gasteiger partial charge in [0, 0.05) is 5.70 Å². The van der Waals surface area contributed by atoms with Crippen molar-refractivity contribution in [1.82, 2.24) is 5.32 Å². The van der Waals surface area contributed by atoms with Crippen molar-refractivity contribution in [3.63, 3.8) is 0 Å². The van der Waals surface area contributed by atoms with Gasteiger partial charge in [0.1, 0.15) is 6.61 Å². The van der Waals surface area contributed by atoms with Gasteiger partial charge in [-0.05, 0) is 92.7 Å². The van der Waals surface area contributed by atoms with E-state index in [1.807, 2.05) is 6.92 Å². The van der Waals surface area contributed by atoms with E-state index in [2.05, 4.69) is 77.4 Å². The highest BCUT2D eigenvalue weighted by Gasteiger charge is 1.95. The third-order valence-corrected chi connectivity index (χ3v) is 4.20. The lowest BCUT2D eigenvalue weighted by Gasteiger charge is -2.09. The molecule has 2 heteroatoms. The zero-order chi connectivity index (χ0) is 20.7. The first-order chi connectivity index (χ1) is 12.7. The summed E-state index contributed by atoms with van der Waals surface area (Å²) in [6.45, 7) is 21.0. The van der Waals surface area contributed by atoms with Crippen LogP contribution in [-0.2, 0) is 4.74 Å². The monoisotopic (exact) mass is 371 g/mol. The Bertz CT molecular complexity index is 583. The topological polar surface area (TPSA) is 21.3 Å². The maximum atomic E-state index is 5.50. The molecule has 0 saturated heterocycles. The van der Waals surface area contributed by atoms with Crippen molar-refractivity contribution in [1.29, 1.82) is 0 Å². The van der Waals surface area contributed by atoms with Crippen molar-refractivity contribution in [2.75, 3.05) is 6.61 Å². The zero-order valence-corrected chi connectivity index (χ0v) is 18.6. The van der Waals surface area contributed by atoms with Gasteiger partial charge in [-0.25, -0.2) is 0 Å². The van der Waals surface area contributed by atoms with E-state index < -0.39 is 0 Å². The first kappa shape index (κ1) is 25.0. The van der Waals surface area contributed by atoms with Gasteiger partial charge < -0.3 is 10.1 Å². The quantitative estimate of drug-likeness (QED) is 0.249. The van der Waals surface area contributed by atoms with E-state index >= 15 is 0 Å². The number of ether oxygens (including phenoxy) is 1. The lowest BCUT2D eigenvalue weighted by molar-refractivity contribution is 0.230. The van der Waals surface area contributed by atoms with Gasteiger partial charge in [0.25, 0.3) is 0 Å². The van der Waals surface area contributed by atoms with E-state index in [4.69, 9.17) is 4.74 Å². The van der Waals surface area contributed by atoms with E-state index in [1.165, 1.54) is 28.7 Å². The zero-order valence-electron chi connectivity index (χ0n) is 18.6. The fraction of sp³-hybridized carbons (Fsp3) is 0.520. The van der Waals surface area contributed by atoms with Crippen LogP contribution in [0.4, 0.5) is 0 Å². The first-order valence-electron chi connectivity index (χ1n) is 10.0. The van der Waals surface area contributed by atoms with Gasteiger partial charge in [0.2, 0.25) is 0 Å². The summed E-state index contributed by atoms with van der Waals surface area (Å²) in [6.07, 6.45) is 16.0. The molecule has 0 radical (unpaired) electrons. The Kier molecular flexibility index (Phi) is 14.0. The summed E-state index contributed by atoms with van der Waals surface area (Å²) in [5.41, 5.74) is 6.57. The lowest BCUT2D eigenvalue weighted by atomic mass is 10.0. The van der Waals surface area contributed by atoms with Crippen LogP contribution in [0, 0.1) is 0 Å². The molecule has 0 heterocycles. The molecular formula is C25H41NO. The molecular weight excluding hydrogens is 330 g/mol. The molecule has 0 aliphatic heterocycles. The summed E-state index contributed by atoms with van der Waals surface area (Å²) in [5.74, 6) is 0.548. The molecule has 0 aliphatic carbocycles. The highest BCUT2D eigenvalue weighted by atomic mass is 16.5. The normalized spacial score (nSPS) is 12.6. The third-order valence-electron chi connectivity index (χ3n) is 4.20. The van der Waals surface area contributed by atoms with E-state index in [0.717, 1.165) is 37.8 Å². The van der Waals surface area contributed by atoms with E-state index in [9.17, 15) is 0 Å². The van der Waals surface area contributed by atoms with Crippen molar-refractivity contribution >= 4 is 0 Å². The number of hydrogen-bond acceptors (Lipinski definition) is 2. The Labute approximate surface area is 168 Å². The van der Waals surface area contributed by atoms with Crippen LogP contribution in [0.1, 0.15) is 80.1 Å². The number of hydrogen-bond donors (Lipinski definition) is 1. The minimum Gasteiger partial charge on any atom is -0.475 e. The van der Waals surface area contributed by atoms with Crippen LogP contribution in [0.3, 0.4) is 0 Å². The number of allylic oxidation sites excluding steroid dienone is 8. The summed E-state index contributed by atoms with van der Waals surface area (Å²) >= 11 is 0. The second-order valence-electron chi connectivity index (χ2n) is 7.69. The molecule has 0 aromatic carbocycles. The smallest absolute Gasteiger partial charge is 0.183 e. The van der Waals surface area contributed by atoms with E-state index in [-0.39, 0.29) is 0 Å². The van der Waals surface area contributed by atoms with Crippen molar-refractivity contribution in [3.8, 4) is 0 Å². The summed E-state index contributed by atoms with van der Waals surface area (Å²) in [7, 11) is 0. The molecule has 0 spiro atoms. The van der Waals surface area contributed by atoms with Crippen molar-refractivity contribution < 1.29 is 4.74 Å². The van der Waals surface area contributed by atoms with Gasteiger partial charge in [-0.2, -0.15) is 0 Å². The SMILES string of the molecule is C=C(C)NC(=C)OC/C=C(\C)CC/C=C(\C)CC/C=C(\C)CCC=C(C)C. The van der Waals surface area contributed by atoms with Gasteiger partial charge in [-0.1, -0.05) is 47.1 Å². The van der Waals surface area contributed by atoms with Crippen molar-refractivity contribution in [2.24, 2.45) is 0 Å². The molecule has 0 aromatic rings. The molecule has 0 bridgehead atoms. The first-order valence-corrected chi connectivity index (χ1v) is 10.0. The predicted molar refractivity (Wildman–Crippen MR) is 121 cm³/mol. The second-order valence-corrected chi connectivity index (χ2v) is 7.69. The predicted octanol–water partition coefficient (Wildman–Crippen LogP) is 7.74. The van der Waals surface area contributed by atoms with Gasteiger partial charge in [-0.15, -0.1) is 0 Å². The average molecular weight is 372 g/mol. The van der Waals surface area contributed by atoms with Crippen LogP contribution < -0.4 is 5.32 Å². The Morgan fingerprint density at radius 1 is 0.704 bits per heavy atom. The summed E-state index contributed by atoms with van der Waals surface area (Å²) in [6, 6.07) is 0. The highest BCUT2D eigenvalue weighted by Crippen LogP contribution is 2.13. The Morgan fingerprint density at radius 2 is 1.15 bits per heavy atom. The Hall–Kier alpha value is -1.96. The van der Waals surface area contributed by atoms with Gasteiger partial charge >= 0.3 is 0 Å². The molecule has 0 rings (SSSR count). The third kappa shape index (κ3) is 17.2. The van der Waals surface area contributed by atoms with Crippen LogP contribution in [0.2, 0.25) is 0 Å². The van der Waals surface area contributed by atoms with Gasteiger partial charge in [0.05, 0.1) is 0 Å². The molecule has 2 nitrogen and oxygen atoms in total. The number of nitrogens with one attached hydrogen (secondary N) is 1. The van der Waals surface area contributed by atoms with E-state index in [1.54, 1.807) is 0 Å². The molecule has 0 saturated carbocycles. The minimum atomic E-state index is 0.546. The summed E-state index contributed by atoms with van der Waals surface area (Å²) in [5, 5.41) is 2.96. The Morgan fingerprint density at radius 3 is 1.59 bits per heavy atom. The van der Waals surface area contributed by atoms with Crippen LogP contribution in [-0.4, -0.2) is 6.61 Å². The van der Waals surface area contributed by atoms with Crippen molar-refractivity contribution in [3.05, 3.63) is 71.3 Å². The van der Waals surface area contributed by atoms with Crippen LogP contribution in [0.15, 0.2) is 71.3 Å². The van der Waals surface area contributed by atoms with Gasteiger partial charge in [0.15, 0.2) is 5.88 Å². The maximum Gasteiger partial charge on any atom is 0.183 e. The molecule has 152 valence electrons. The standard InChI is InChI=1S/C25H41NO/c1-20(2)12-9-13-22(5)14-10-15-23(6)16-11-17-24(7)18-19-27-25(8)26-21(3)4/h12,14,16,18,26H,3,8-11,13,15,17,19H2,1-2,4-7H3/b22-14+,23-16+,24-18+. The van der Waals surface area contributed by atoms with Crippen molar-refractivity contribution in [2.45, 2.75) is 80.1 Å². The van der Waals surface area contributed by atoms with Crippen LogP contribution in [0.25, 0.3) is 0 Å². The number of rotatable bonds is 14. The van der Waals surface area contributed by atoms with Crippen LogP contribution >= 0.6 is 0 Å². The minimum absolute atomic E-state index is 0.546. The molecule has 0 atom stereocenters. The lowest BCUT2D eigenvalue weighted by Crippen LogP contribution is -2.11. The maximum absolute atomic E-state index is 5.50.